The average molecular weight is 270 g/mol. The highest BCUT2D eigenvalue weighted by Crippen LogP contribution is 2.25. The van der Waals surface area contributed by atoms with Crippen LogP contribution in [0.2, 0.25) is 5.02 Å². The molecule has 0 bridgehead atoms. The van der Waals surface area contributed by atoms with Crippen molar-refractivity contribution in [3.05, 3.63) is 34.9 Å². The molecule has 0 aliphatic heterocycles. The van der Waals surface area contributed by atoms with Crippen LogP contribution in [0.5, 0.6) is 0 Å². The zero-order chi connectivity index (χ0) is 13.6. The second kappa shape index (κ2) is 6.76. The maximum atomic E-state index is 11.9. The highest BCUT2D eigenvalue weighted by molar-refractivity contribution is 6.31. The van der Waals surface area contributed by atoms with Crippen LogP contribution in [0.25, 0.3) is 0 Å². The summed E-state index contributed by atoms with van der Waals surface area (Å²) < 4.78 is 0. The summed E-state index contributed by atoms with van der Waals surface area (Å²) in [4.78, 5) is 11.9. The Bertz CT molecular complexity index is 409. The van der Waals surface area contributed by atoms with Crippen LogP contribution >= 0.6 is 11.6 Å². The number of nitrogens with one attached hydrogen (secondary N) is 1. The van der Waals surface area contributed by atoms with E-state index in [1.54, 1.807) is 6.07 Å². The number of likely N-dealkylation sites (N-methyl/N-ethyl adjacent to an activating group) is 1. The summed E-state index contributed by atoms with van der Waals surface area (Å²) in [5.41, 5.74) is -0.586. The van der Waals surface area contributed by atoms with Gasteiger partial charge in [-0.25, -0.2) is 0 Å². The summed E-state index contributed by atoms with van der Waals surface area (Å²) in [5.74, 6) is -0.351. The molecule has 0 spiro atoms. The molecule has 1 rings (SSSR count). The lowest BCUT2D eigenvalue weighted by Gasteiger charge is -2.26. The zero-order valence-corrected chi connectivity index (χ0v) is 11.6. The highest BCUT2D eigenvalue weighted by atomic mass is 35.5. The van der Waals surface area contributed by atoms with Crippen LogP contribution in [-0.4, -0.2) is 23.7 Å². The molecule has 1 aromatic rings. The Morgan fingerprint density at radius 1 is 1.44 bits per heavy atom. The summed E-state index contributed by atoms with van der Waals surface area (Å²) in [7, 11) is 1.53. The van der Waals surface area contributed by atoms with Gasteiger partial charge in [-0.05, 0) is 18.1 Å². The van der Waals surface area contributed by atoms with Crippen molar-refractivity contribution in [1.82, 2.24) is 5.32 Å². The number of amides is 1. The van der Waals surface area contributed by atoms with Gasteiger partial charge in [0.25, 0.3) is 5.91 Å². The minimum atomic E-state index is -1.38. The van der Waals surface area contributed by atoms with Crippen molar-refractivity contribution in [3.63, 3.8) is 0 Å². The fourth-order valence-corrected chi connectivity index (χ4v) is 2.14. The van der Waals surface area contributed by atoms with Crippen LogP contribution in [0.1, 0.15) is 31.7 Å². The summed E-state index contributed by atoms with van der Waals surface area (Å²) in [5, 5.41) is 13.6. The van der Waals surface area contributed by atoms with E-state index >= 15 is 0 Å². The van der Waals surface area contributed by atoms with E-state index in [1.807, 2.05) is 25.1 Å². The largest absolute Gasteiger partial charge is 0.380 e. The third kappa shape index (κ3) is 3.72. The Kier molecular flexibility index (Phi) is 5.63. The van der Waals surface area contributed by atoms with Gasteiger partial charge in [-0.3, -0.25) is 4.79 Å². The Labute approximate surface area is 113 Å². The van der Waals surface area contributed by atoms with Crippen molar-refractivity contribution < 1.29 is 9.90 Å². The standard InChI is InChI=1S/C14H20ClNO2/c1-3-4-9-14(18,13(17)16-2)10-11-7-5-6-8-12(11)15/h5-8,18H,3-4,9-10H2,1-2H3,(H,16,17). The number of halogens is 1. The Morgan fingerprint density at radius 2 is 2.11 bits per heavy atom. The van der Waals surface area contributed by atoms with Crippen LogP contribution in [0.4, 0.5) is 0 Å². The number of rotatable bonds is 6. The van der Waals surface area contributed by atoms with Gasteiger partial charge in [-0.15, -0.1) is 0 Å². The fourth-order valence-electron chi connectivity index (χ4n) is 1.94. The number of aliphatic hydroxyl groups is 1. The molecule has 18 heavy (non-hydrogen) atoms. The van der Waals surface area contributed by atoms with Crippen LogP contribution in [0.3, 0.4) is 0 Å². The number of hydrogen-bond donors (Lipinski definition) is 2. The van der Waals surface area contributed by atoms with Gasteiger partial charge in [-0.1, -0.05) is 49.6 Å². The van der Waals surface area contributed by atoms with E-state index in [0.29, 0.717) is 11.4 Å². The van der Waals surface area contributed by atoms with Crippen LogP contribution in [-0.2, 0) is 11.2 Å². The molecule has 0 saturated heterocycles. The number of carbonyl (C=O) groups excluding carboxylic acids is 1. The topological polar surface area (TPSA) is 49.3 Å². The number of carbonyl (C=O) groups is 1. The second-order valence-electron chi connectivity index (χ2n) is 4.48. The molecule has 0 aromatic heterocycles. The maximum Gasteiger partial charge on any atom is 0.252 e. The molecule has 0 saturated carbocycles. The summed E-state index contributed by atoms with van der Waals surface area (Å²) in [6.45, 7) is 2.03. The van der Waals surface area contributed by atoms with Crippen LogP contribution in [0.15, 0.2) is 24.3 Å². The van der Waals surface area contributed by atoms with Gasteiger partial charge < -0.3 is 10.4 Å². The average Bonchev–Trinajstić information content (AvgIpc) is 2.38. The first-order valence-electron chi connectivity index (χ1n) is 6.21. The monoisotopic (exact) mass is 269 g/mol. The molecule has 0 fully saturated rings. The van der Waals surface area contributed by atoms with Crippen molar-refractivity contribution >= 4 is 17.5 Å². The van der Waals surface area contributed by atoms with E-state index in [9.17, 15) is 9.90 Å². The fraction of sp³-hybridized carbons (Fsp3) is 0.500. The van der Waals surface area contributed by atoms with Crippen LogP contribution < -0.4 is 5.32 Å². The predicted octanol–water partition coefficient (Wildman–Crippen LogP) is 2.55. The summed E-state index contributed by atoms with van der Waals surface area (Å²) in [6.07, 6.45) is 2.41. The second-order valence-corrected chi connectivity index (χ2v) is 4.89. The van der Waals surface area contributed by atoms with Gasteiger partial charge in [-0.2, -0.15) is 0 Å². The van der Waals surface area contributed by atoms with Crippen LogP contribution in [0, 0.1) is 0 Å². The van der Waals surface area contributed by atoms with Gasteiger partial charge in [0.1, 0.15) is 5.60 Å². The Balaban J connectivity index is 2.91. The molecule has 1 amide bonds. The van der Waals surface area contributed by atoms with Gasteiger partial charge in [0.2, 0.25) is 0 Å². The lowest BCUT2D eigenvalue weighted by Crippen LogP contribution is -2.47. The van der Waals surface area contributed by atoms with Crippen molar-refractivity contribution in [2.24, 2.45) is 0 Å². The lowest BCUT2D eigenvalue weighted by atomic mass is 9.88. The van der Waals surface area contributed by atoms with Crippen molar-refractivity contribution in [3.8, 4) is 0 Å². The minimum absolute atomic E-state index is 0.242. The molecule has 0 radical (unpaired) electrons. The van der Waals surface area contributed by atoms with E-state index in [-0.39, 0.29) is 12.3 Å². The normalized spacial score (nSPS) is 14.0. The predicted molar refractivity (Wildman–Crippen MR) is 73.7 cm³/mol. The third-order valence-electron chi connectivity index (χ3n) is 3.03. The van der Waals surface area contributed by atoms with Gasteiger partial charge in [0.15, 0.2) is 0 Å². The molecule has 1 aromatic carbocycles. The molecular weight excluding hydrogens is 250 g/mol. The summed E-state index contributed by atoms with van der Waals surface area (Å²) in [6, 6.07) is 7.28. The number of hydrogen-bond acceptors (Lipinski definition) is 2. The Hall–Kier alpha value is -1.06. The van der Waals surface area contributed by atoms with Crippen molar-refractivity contribution in [2.75, 3.05) is 7.05 Å². The SMILES string of the molecule is CCCCC(O)(Cc1ccccc1Cl)C(=O)NC. The Morgan fingerprint density at radius 3 is 2.67 bits per heavy atom. The molecular formula is C14H20ClNO2. The maximum absolute atomic E-state index is 11.9. The quantitative estimate of drug-likeness (QED) is 0.834. The van der Waals surface area contributed by atoms with E-state index in [1.165, 1.54) is 7.05 Å². The first-order chi connectivity index (χ1) is 8.53. The molecule has 1 atom stereocenters. The first kappa shape index (κ1) is 15.0. The van der Waals surface area contributed by atoms with Crippen molar-refractivity contribution in [2.45, 2.75) is 38.2 Å². The smallest absolute Gasteiger partial charge is 0.252 e. The molecule has 100 valence electrons. The van der Waals surface area contributed by atoms with E-state index in [2.05, 4.69) is 5.32 Å². The number of unbranched alkanes of at least 4 members (excludes halogenated alkanes) is 1. The molecule has 2 N–H and O–H groups in total. The molecule has 0 heterocycles. The molecule has 4 heteroatoms. The molecule has 0 aliphatic rings. The first-order valence-corrected chi connectivity index (χ1v) is 6.59. The molecule has 1 unspecified atom stereocenters. The lowest BCUT2D eigenvalue weighted by molar-refractivity contribution is -0.140. The van der Waals surface area contributed by atoms with Crippen molar-refractivity contribution in [1.29, 1.82) is 0 Å². The van der Waals surface area contributed by atoms with Gasteiger partial charge >= 0.3 is 0 Å². The molecule has 0 aliphatic carbocycles. The van der Waals surface area contributed by atoms with Gasteiger partial charge in [0.05, 0.1) is 0 Å². The zero-order valence-electron chi connectivity index (χ0n) is 10.9. The minimum Gasteiger partial charge on any atom is -0.380 e. The number of benzene rings is 1. The third-order valence-corrected chi connectivity index (χ3v) is 3.40. The summed E-state index contributed by atoms with van der Waals surface area (Å²) >= 11 is 6.07. The molecule has 3 nitrogen and oxygen atoms in total. The van der Waals surface area contributed by atoms with E-state index < -0.39 is 5.60 Å². The van der Waals surface area contributed by atoms with Gasteiger partial charge in [0, 0.05) is 18.5 Å². The van der Waals surface area contributed by atoms with E-state index in [4.69, 9.17) is 11.6 Å². The highest BCUT2D eigenvalue weighted by Gasteiger charge is 2.35. The van der Waals surface area contributed by atoms with E-state index in [0.717, 1.165) is 18.4 Å².